The van der Waals surface area contributed by atoms with Crippen LogP contribution in [0.1, 0.15) is 5.56 Å². The minimum absolute atomic E-state index is 0.0735. The molecule has 4 rings (SSSR count). The van der Waals surface area contributed by atoms with E-state index >= 15 is 0 Å². The smallest absolute Gasteiger partial charge is 0.242 e. The molecule has 1 aliphatic rings. The molecule has 1 aromatic carbocycles. The number of benzene rings is 1. The van der Waals surface area contributed by atoms with Gasteiger partial charge in [-0.05, 0) is 17.7 Å². The molecule has 0 atom stereocenters. The number of methoxy groups -OCH3 is 1. The van der Waals surface area contributed by atoms with Gasteiger partial charge in [0.1, 0.15) is 17.9 Å². The third-order valence-corrected chi connectivity index (χ3v) is 4.35. The van der Waals surface area contributed by atoms with E-state index in [1.807, 2.05) is 34.1 Å². The molecule has 1 aliphatic heterocycles. The van der Waals surface area contributed by atoms with Gasteiger partial charge < -0.3 is 14.5 Å². The van der Waals surface area contributed by atoms with Crippen LogP contribution < -0.4 is 9.64 Å². The van der Waals surface area contributed by atoms with Crippen LogP contribution in [0.4, 0.5) is 5.82 Å². The summed E-state index contributed by atoms with van der Waals surface area (Å²) in [5.74, 6) is 1.62. The first-order valence-corrected chi connectivity index (χ1v) is 8.04. The summed E-state index contributed by atoms with van der Waals surface area (Å²) in [5.41, 5.74) is 1.73. The first-order chi connectivity index (χ1) is 12.2. The summed E-state index contributed by atoms with van der Waals surface area (Å²) < 4.78 is 5.24. The second-order valence-corrected chi connectivity index (χ2v) is 5.92. The van der Waals surface area contributed by atoms with E-state index in [-0.39, 0.29) is 5.91 Å². The summed E-state index contributed by atoms with van der Waals surface area (Å²) >= 11 is 0. The van der Waals surface area contributed by atoms with Gasteiger partial charge in [0.2, 0.25) is 5.91 Å². The summed E-state index contributed by atoms with van der Waals surface area (Å²) in [6.07, 6.45) is 3.18. The quantitative estimate of drug-likeness (QED) is 0.769. The Morgan fingerprint density at radius 1 is 1.28 bits per heavy atom. The Bertz CT molecular complexity index is 909. The van der Waals surface area contributed by atoms with Crippen LogP contribution in [-0.4, -0.2) is 57.7 Å². The van der Waals surface area contributed by atoms with E-state index < -0.39 is 0 Å². The molecular formula is C17H18N6O2. The Balaban J connectivity index is 1.49. The molecule has 0 unspecified atom stereocenters. The van der Waals surface area contributed by atoms with Gasteiger partial charge in [-0.15, -0.1) is 0 Å². The normalized spacial score (nSPS) is 15.0. The van der Waals surface area contributed by atoms with Gasteiger partial charge in [-0.3, -0.25) is 9.89 Å². The van der Waals surface area contributed by atoms with Crippen LogP contribution in [-0.2, 0) is 11.3 Å². The molecule has 1 saturated heterocycles. The van der Waals surface area contributed by atoms with E-state index in [1.165, 1.54) is 6.33 Å². The molecule has 1 fully saturated rings. The van der Waals surface area contributed by atoms with Crippen LogP contribution in [0.5, 0.6) is 5.75 Å². The van der Waals surface area contributed by atoms with Gasteiger partial charge in [-0.25, -0.2) is 9.97 Å². The van der Waals surface area contributed by atoms with Crippen molar-refractivity contribution in [1.29, 1.82) is 0 Å². The van der Waals surface area contributed by atoms with Crippen LogP contribution in [0.15, 0.2) is 36.8 Å². The third kappa shape index (κ3) is 2.98. The van der Waals surface area contributed by atoms with Gasteiger partial charge >= 0.3 is 0 Å². The van der Waals surface area contributed by atoms with Crippen LogP contribution in [0.2, 0.25) is 0 Å². The zero-order valence-electron chi connectivity index (χ0n) is 13.8. The van der Waals surface area contributed by atoms with Crippen molar-refractivity contribution in [3.63, 3.8) is 0 Å². The Morgan fingerprint density at radius 3 is 3.04 bits per heavy atom. The number of piperazine rings is 1. The number of aromatic amines is 1. The fourth-order valence-corrected chi connectivity index (χ4v) is 3.05. The van der Waals surface area contributed by atoms with Crippen molar-refractivity contribution in [1.82, 2.24) is 25.1 Å². The summed E-state index contributed by atoms with van der Waals surface area (Å²) in [6, 6.07) is 7.79. The number of carbonyl (C=O) groups excluding carboxylic acids is 1. The number of carbonyl (C=O) groups is 1. The molecule has 25 heavy (non-hydrogen) atoms. The van der Waals surface area contributed by atoms with Crippen molar-refractivity contribution in [2.24, 2.45) is 0 Å². The van der Waals surface area contributed by atoms with Crippen LogP contribution in [0.3, 0.4) is 0 Å². The maximum absolute atomic E-state index is 12.6. The molecule has 0 saturated carbocycles. The van der Waals surface area contributed by atoms with Crippen molar-refractivity contribution in [2.45, 2.75) is 6.54 Å². The molecule has 3 aromatic rings. The largest absolute Gasteiger partial charge is 0.497 e. The highest BCUT2D eigenvalue weighted by Crippen LogP contribution is 2.23. The first kappa shape index (κ1) is 15.4. The van der Waals surface area contributed by atoms with Crippen molar-refractivity contribution < 1.29 is 9.53 Å². The molecule has 8 nitrogen and oxygen atoms in total. The second kappa shape index (κ2) is 6.39. The lowest BCUT2D eigenvalue weighted by Gasteiger charge is -2.35. The molecule has 0 spiro atoms. The zero-order chi connectivity index (χ0) is 17.2. The predicted molar refractivity (Wildman–Crippen MR) is 92.3 cm³/mol. The Morgan fingerprint density at radius 2 is 2.20 bits per heavy atom. The number of amides is 1. The van der Waals surface area contributed by atoms with Gasteiger partial charge in [-0.1, -0.05) is 12.1 Å². The predicted octanol–water partition coefficient (Wildman–Crippen LogP) is 1.21. The molecule has 0 aliphatic carbocycles. The van der Waals surface area contributed by atoms with Crippen LogP contribution in [0.25, 0.3) is 11.0 Å². The standard InChI is InChI=1S/C17H18N6O2/c1-25-13-4-2-3-12(7-13)9-22-5-6-23(10-15(22)24)17-14-8-20-21-16(14)18-11-19-17/h2-4,7-8,11H,5-6,9-10H2,1H3,(H,18,19,20,21). The van der Waals surface area contributed by atoms with E-state index in [0.29, 0.717) is 31.8 Å². The lowest BCUT2D eigenvalue weighted by Crippen LogP contribution is -2.50. The van der Waals surface area contributed by atoms with Crippen molar-refractivity contribution >= 4 is 22.8 Å². The third-order valence-electron chi connectivity index (χ3n) is 4.35. The number of ether oxygens (including phenoxy) is 1. The molecule has 2 aromatic heterocycles. The van der Waals surface area contributed by atoms with Gasteiger partial charge in [0.05, 0.1) is 25.2 Å². The van der Waals surface area contributed by atoms with Crippen molar-refractivity contribution in [3.05, 3.63) is 42.4 Å². The van der Waals surface area contributed by atoms with E-state index in [9.17, 15) is 4.79 Å². The highest BCUT2D eigenvalue weighted by atomic mass is 16.5. The van der Waals surface area contributed by atoms with Gasteiger partial charge in [0.15, 0.2) is 5.65 Å². The number of H-pyrrole nitrogens is 1. The monoisotopic (exact) mass is 338 g/mol. The van der Waals surface area contributed by atoms with Crippen LogP contribution >= 0.6 is 0 Å². The fourth-order valence-electron chi connectivity index (χ4n) is 3.05. The Hall–Kier alpha value is -3.16. The minimum atomic E-state index is 0.0735. The zero-order valence-corrected chi connectivity index (χ0v) is 13.8. The molecule has 8 heteroatoms. The Kier molecular flexibility index (Phi) is 3.93. The van der Waals surface area contributed by atoms with E-state index in [0.717, 1.165) is 22.5 Å². The number of fused-ring (bicyclic) bond motifs is 1. The molecular weight excluding hydrogens is 320 g/mol. The number of hydrogen-bond donors (Lipinski definition) is 1. The lowest BCUT2D eigenvalue weighted by molar-refractivity contribution is -0.131. The molecule has 128 valence electrons. The highest BCUT2D eigenvalue weighted by molar-refractivity contribution is 5.90. The summed E-state index contributed by atoms with van der Waals surface area (Å²) in [4.78, 5) is 24.9. The number of aromatic nitrogens is 4. The van der Waals surface area contributed by atoms with Crippen LogP contribution in [0, 0.1) is 0 Å². The molecule has 1 N–H and O–H groups in total. The number of nitrogens with zero attached hydrogens (tertiary/aromatic N) is 5. The molecule has 0 radical (unpaired) electrons. The summed E-state index contributed by atoms with van der Waals surface area (Å²) in [5, 5.41) is 7.66. The van der Waals surface area contributed by atoms with Crippen molar-refractivity contribution in [2.75, 3.05) is 31.6 Å². The highest BCUT2D eigenvalue weighted by Gasteiger charge is 2.26. The maximum Gasteiger partial charge on any atom is 0.242 e. The summed E-state index contributed by atoms with van der Waals surface area (Å²) in [7, 11) is 1.64. The van der Waals surface area contributed by atoms with E-state index in [2.05, 4.69) is 20.2 Å². The SMILES string of the molecule is COc1cccc(CN2CCN(c3ncnc4[nH]ncc34)CC2=O)c1. The average molecular weight is 338 g/mol. The number of hydrogen-bond acceptors (Lipinski definition) is 6. The van der Waals surface area contributed by atoms with Crippen molar-refractivity contribution in [3.8, 4) is 5.75 Å². The van der Waals surface area contributed by atoms with E-state index in [1.54, 1.807) is 13.3 Å². The Labute approximate surface area is 144 Å². The topological polar surface area (TPSA) is 87.2 Å². The number of rotatable bonds is 4. The summed E-state index contributed by atoms with van der Waals surface area (Å²) in [6.45, 7) is 2.22. The fraction of sp³-hybridized carbons (Fsp3) is 0.294. The van der Waals surface area contributed by atoms with Gasteiger partial charge in [-0.2, -0.15) is 5.10 Å². The second-order valence-electron chi connectivity index (χ2n) is 5.92. The first-order valence-electron chi connectivity index (χ1n) is 8.04. The van der Waals surface area contributed by atoms with Gasteiger partial charge in [0, 0.05) is 19.6 Å². The molecule has 3 heterocycles. The molecule has 1 amide bonds. The van der Waals surface area contributed by atoms with E-state index in [4.69, 9.17) is 4.74 Å². The maximum atomic E-state index is 12.6. The van der Waals surface area contributed by atoms with Gasteiger partial charge in [0.25, 0.3) is 0 Å². The number of nitrogens with one attached hydrogen (secondary N) is 1. The minimum Gasteiger partial charge on any atom is -0.497 e. The average Bonchev–Trinajstić information content (AvgIpc) is 3.12. The lowest BCUT2D eigenvalue weighted by atomic mass is 10.2. The molecule has 0 bridgehead atoms. The number of anilines is 1.